The Labute approximate surface area is 209 Å². The van der Waals surface area contributed by atoms with Crippen molar-refractivity contribution in [3.63, 3.8) is 0 Å². The lowest BCUT2D eigenvalue weighted by atomic mass is 10.0. The number of nitrogens with one attached hydrogen (secondary N) is 2. The number of carbonyl (C=O) groups excluding carboxylic acids is 3. The summed E-state index contributed by atoms with van der Waals surface area (Å²) >= 11 is 6.24. The number of benzene rings is 3. The summed E-state index contributed by atoms with van der Waals surface area (Å²) in [6.07, 6.45) is 1.60. The Bertz CT molecular complexity index is 1300. The minimum Gasteiger partial charge on any atom is -0.350 e. The van der Waals surface area contributed by atoms with Gasteiger partial charge in [0.05, 0.1) is 6.54 Å². The van der Waals surface area contributed by atoms with Gasteiger partial charge in [0.1, 0.15) is 10.7 Å². The van der Waals surface area contributed by atoms with E-state index < -0.39 is 11.8 Å². The zero-order valence-corrected chi connectivity index (χ0v) is 20.4. The van der Waals surface area contributed by atoms with E-state index in [1.54, 1.807) is 24.3 Å². The van der Waals surface area contributed by atoms with Gasteiger partial charge in [-0.1, -0.05) is 80.0 Å². The van der Waals surface area contributed by atoms with Crippen LogP contribution in [0.2, 0.25) is 0 Å². The summed E-state index contributed by atoms with van der Waals surface area (Å²) in [4.78, 5) is 39.8. The quantitative estimate of drug-likeness (QED) is 0.411. The number of hydrogen-bond donors (Lipinski definition) is 2. The van der Waals surface area contributed by atoms with Crippen LogP contribution in [0.15, 0.2) is 83.5 Å². The van der Waals surface area contributed by atoms with Crippen LogP contribution in [-0.4, -0.2) is 22.6 Å². The maximum Gasteiger partial charge on any atom is 0.279 e. The van der Waals surface area contributed by atoms with Gasteiger partial charge in [-0.2, -0.15) is 0 Å². The average molecular weight is 488 g/mol. The fourth-order valence-electron chi connectivity index (χ4n) is 4.04. The molecular weight excluding hydrogens is 462 g/mol. The molecule has 7 heteroatoms. The summed E-state index contributed by atoms with van der Waals surface area (Å²) < 4.78 is 0. The van der Waals surface area contributed by atoms with Crippen LogP contribution in [0, 0.1) is 0 Å². The number of hydrogen-bond acceptors (Lipinski definition) is 4. The molecule has 1 heterocycles. The van der Waals surface area contributed by atoms with Crippen LogP contribution in [0.25, 0.3) is 0 Å². The molecule has 0 unspecified atom stereocenters. The van der Waals surface area contributed by atoms with E-state index in [2.05, 4.69) is 10.6 Å². The number of anilines is 2. The number of carbonyl (C=O) groups is 3. The fraction of sp³-hybridized carbons (Fsp3) is 0.179. The Morgan fingerprint density at radius 1 is 0.857 bits per heavy atom. The third kappa shape index (κ3) is 5.12. The Balaban J connectivity index is 1.52. The van der Waals surface area contributed by atoms with Gasteiger partial charge in [0.25, 0.3) is 17.7 Å². The molecule has 0 aromatic heterocycles. The van der Waals surface area contributed by atoms with Crippen LogP contribution in [0.1, 0.15) is 40.9 Å². The maximum absolute atomic E-state index is 13.1. The third-order valence-electron chi connectivity index (χ3n) is 5.93. The second-order valence-corrected chi connectivity index (χ2v) is 8.57. The molecule has 1 aliphatic heterocycles. The van der Waals surface area contributed by atoms with Gasteiger partial charge in [-0.3, -0.25) is 19.3 Å². The highest BCUT2D eigenvalue weighted by Gasteiger charge is 2.37. The van der Waals surface area contributed by atoms with Crippen LogP contribution in [0.5, 0.6) is 0 Å². The number of nitrogens with zero attached hydrogens (tertiary/aromatic N) is 1. The highest BCUT2D eigenvalue weighted by molar-refractivity contribution is 6.48. The van der Waals surface area contributed by atoms with Crippen LogP contribution in [0.4, 0.5) is 11.4 Å². The Hall–Kier alpha value is -3.90. The van der Waals surface area contributed by atoms with Gasteiger partial charge in [0, 0.05) is 16.9 Å². The van der Waals surface area contributed by atoms with E-state index in [0.29, 0.717) is 11.3 Å². The zero-order valence-electron chi connectivity index (χ0n) is 19.6. The van der Waals surface area contributed by atoms with Crippen LogP contribution >= 0.6 is 11.6 Å². The highest BCUT2D eigenvalue weighted by atomic mass is 35.5. The molecule has 3 amide bonds. The summed E-state index contributed by atoms with van der Waals surface area (Å²) in [5.74, 6) is -1.33. The highest BCUT2D eigenvalue weighted by Crippen LogP contribution is 2.28. The van der Waals surface area contributed by atoms with Crippen molar-refractivity contribution >= 4 is 40.7 Å². The van der Waals surface area contributed by atoms with E-state index in [9.17, 15) is 14.4 Å². The van der Waals surface area contributed by atoms with Crippen molar-refractivity contribution in [1.29, 1.82) is 0 Å². The van der Waals surface area contributed by atoms with Crippen molar-refractivity contribution < 1.29 is 14.4 Å². The lowest BCUT2D eigenvalue weighted by Crippen LogP contribution is -2.31. The molecule has 6 nitrogen and oxygen atoms in total. The molecular formula is C28H26ClN3O3. The predicted molar refractivity (Wildman–Crippen MR) is 138 cm³/mol. The second-order valence-electron chi connectivity index (χ2n) is 8.19. The van der Waals surface area contributed by atoms with Gasteiger partial charge in [-0.05, 0) is 47.7 Å². The zero-order chi connectivity index (χ0) is 24.9. The van der Waals surface area contributed by atoms with Crippen molar-refractivity contribution in [1.82, 2.24) is 4.90 Å². The van der Waals surface area contributed by atoms with Crippen molar-refractivity contribution in [2.75, 3.05) is 10.6 Å². The van der Waals surface area contributed by atoms with E-state index >= 15 is 0 Å². The van der Waals surface area contributed by atoms with Crippen molar-refractivity contribution in [2.24, 2.45) is 0 Å². The molecule has 3 aromatic carbocycles. The monoisotopic (exact) mass is 487 g/mol. The molecule has 0 atom stereocenters. The van der Waals surface area contributed by atoms with E-state index in [4.69, 9.17) is 11.6 Å². The van der Waals surface area contributed by atoms with Gasteiger partial charge in [-0.25, -0.2) is 0 Å². The number of imide groups is 1. The number of amides is 3. The predicted octanol–water partition coefficient (Wildman–Crippen LogP) is 5.50. The maximum atomic E-state index is 13.1. The Morgan fingerprint density at radius 2 is 1.51 bits per heavy atom. The second kappa shape index (κ2) is 10.6. The van der Waals surface area contributed by atoms with Crippen LogP contribution < -0.4 is 10.6 Å². The van der Waals surface area contributed by atoms with E-state index in [0.717, 1.165) is 40.1 Å². The summed E-state index contributed by atoms with van der Waals surface area (Å²) in [5.41, 5.74) is 4.67. The first-order valence-corrected chi connectivity index (χ1v) is 11.9. The summed E-state index contributed by atoms with van der Waals surface area (Å²) in [5, 5.41) is 5.81. The van der Waals surface area contributed by atoms with Crippen LogP contribution in [0.3, 0.4) is 0 Å². The van der Waals surface area contributed by atoms with Gasteiger partial charge in [0.2, 0.25) is 0 Å². The molecule has 1 aliphatic rings. The molecule has 0 aliphatic carbocycles. The molecule has 3 aromatic rings. The number of rotatable bonds is 8. The molecule has 0 fully saturated rings. The number of halogens is 1. The van der Waals surface area contributed by atoms with Gasteiger partial charge < -0.3 is 10.6 Å². The SMILES string of the molecule is CCc1cccc(CC)c1NC(=O)c1cccc(NC2=C(Cl)C(=O)N(Cc3ccccc3)C2=O)c1. The normalized spacial score (nSPS) is 13.4. The van der Waals surface area contributed by atoms with E-state index in [1.165, 1.54) is 0 Å². The smallest absolute Gasteiger partial charge is 0.279 e. The molecule has 4 rings (SSSR count). The third-order valence-corrected chi connectivity index (χ3v) is 6.28. The first-order chi connectivity index (χ1) is 16.9. The van der Waals surface area contributed by atoms with Crippen LogP contribution in [-0.2, 0) is 29.0 Å². The van der Waals surface area contributed by atoms with Crippen molar-refractivity contribution in [2.45, 2.75) is 33.2 Å². The Morgan fingerprint density at radius 3 is 2.17 bits per heavy atom. The Kier molecular flexibility index (Phi) is 7.32. The minimum atomic E-state index is -0.555. The molecule has 35 heavy (non-hydrogen) atoms. The largest absolute Gasteiger partial charge is 0.350 e. The minimum absolute atomic E-state index is 0.00486. The molecule has 2 N–H and O–H groups in total. The molecule has 0 radical (unpaired) electrons. The molecule has 0 bridgehead atoms. The standard InChI is InChI=1S/C28H26ClN3O3/c1-3-19-12-8-13-20(4-2)24(19)31-26(33)21-14-9-15-22(16-21)30-25-23(29)27(34)32(28(25)35)17-18-10-6-5-7-11-18/h5-16,30H,3-4,17H2,1-2H3,(H,31,33). The van der Waals surface area contributed by atoms with Gasteiger partial charge >= 0.3 is 0 Å². The van der Waals surface area contributed by atoms with Gasteiger partial charge in [0.15, 0.2) is 0 Å². The molecule has 0 saturated carbocycles. The van der Waals surface area contributed by atoms with Gasteiger partial charge in [-0.15, -0.1) is 0 Å². The lowest BCUT2D eigenvalue weighted by molar-refractivity contribution is -0.138. The van der Waals surface area contributed by atoms with Crippen molar-refractivity contribution in [3.8, 4) is 0 Å². The summed E-state index contributed by atoms with van der Waals surface area (Å²) in [6, 6.07) is 22.0. The first-order valence-electron chi connectivity index (χ1n) is 11.5. The molecule has 0 saturated heterocycles. The fourth-order valence-corrected chi connectivity index (χ4v) is 4.27. The topological polar surface area (TPSA) is 78.5 Å². The summed E-state index contributed by atoms with van der Waals surface area (Å²) in [7, 11) is 0. The van der Waals surface area contributed by atoms with Crippen molar-refractivity contribution in [3.05, 3.63) is 106 Å². The lowest BCUT2D eigenvalue weighted by Gasteiger charge is -2.16. The molecule has 178 valence electrons. The van der Waals surface area contributed by atoms with E-state index in [1.807, 2.05) is 62.4 Å². The summed E-state index contributed by atoms with van der Waals surface area (Å²) in [6.45, 7) is 4.22. The molecule has 0 spiro atoms. The van der Waals surface area contributed by atoms with E-state index in [-0.39, 0.29) is 23.2 Å². The average Bonchev–Trinajstić information content (AvgIpc) is 3.08. The number of aryl methyl sites for hydroxylation is 2. The first kappa shape index (κ1) is 24.2. The number of para-hydroxylation sites is 1.